The van der Waals surface area contributed by atoms with Crippen LogP contribution in [0, 0.1) is 5.92 Å². The van der Waals surface area contributed by atoms with Crippen LogP contribution in [0.1, 0.15) is 24.8 Å². The van der Waals surface area contributed by atoms with Crippen molar-refractivity contribution in [1.82, 2.24) is 5.32 Å². The second-order valence-corrected chi connectivity index (χ2v) is 4.90. The third kappa shape index (κ3) is 4.62. The van der Waals surface area contributed by atoms with Crippen LogP contribution in [0.5, 0.6) is 0 Å². The van der Waals surface area contributed by atoms with Gasteiger partial charge in [0.2, 0.25) is 5.91 Å². The summed E-state index contributed by atoms with van der Waals surface area (Å²) in [6, 6.07) is 7.47. The zero-order valence-corrected chi connectivity index (χ0v) is 11.0. The number of nitrogen functional groups attached to an aromatic ring is 1. The van der Waals surface area contributed by atoms with Gasteiger partial charge in [-0.3, -0.25) is 4.79 Å². The Kier molecular flexibility index (Phi) is 4.78. The number of hydrogen-bond donors (Lipinski definition) is 2. The maximum absolute atomic E-state index is 11.7. The van der Waals surface area contributed by atoms with E-state index >= 15 is 0 Å². The summed E-state index contributed by atoms with van der Waals surface area (Å²) in [6.07, 6.45) is 11.1. The third-order valence-electron chi connectivity index (χ3n) is 3.28. The van der Waals surface area contributed by atoms with Crippen LogP contribution >= 0.6 is 0 Å². The largest absolute Gasteiger partial charge is 0.399 e. The average Bonchev–Trinajstić information content (AvgIpc) is 2.44. The minimum Gasteiger partial charge on any atom is -0.399 e. The molecule has 1 aromatic carbocycles. The molecule has 0 fully saturated rings. The lowest BCUT2D eigenvalue weighted by Gasteiger charge is -2.17. The van der Waals surface area contributed by atoms with Crippen molar-refractivity contribution in [1.29, 1.82) is 0 Å². The Morgan fingerprint density at radius 3 is 3.05 bits per heavy atom. The molecule has 1 amide bonds. The fraction of sp³-hybridized carbons (Fsp3) is 0.312. The molecule has 1 aliphatic rings. The van der Waals surface area contributed by atoms with Gasteiger partial charge < -0.3 is 11.1 Å². The van der Waals surface area contributed by atoms with Crippen molar-refractivity contribution in [2.24, 2.45) is 5.92 Å². The molecule has 3 N–H and O–H groups in total. The van der Waals surface area contributed by atoms with Crippen LogP contribution in [-0.2, 0) is 4.79 Å². The van der Waals surface area contributed by atoms with Crippen molar-refractivity contribution >= 4 is 17.7 Å². The Bertz CT molecular complexity index is 491. The molecule has 0 saturated heterocycles. The monoisotopic (exact) mass is 256 g/mol. The van der Waals surface area contributed by atoms with E-state index in [0.29, 0.717) is 11.6 Å². The fourth-order valence-corrected chi connectivity index (χ4v) is 2.18. The minimum atomic E-state index is -0.0445. The summed E-state index contributed by atoms with van der Waals surface area (Å²) in [5.41, 5.74) is 7.33. The second kappa shape index (κ2) is 6.78. The number of nitrogens with one attached hydrogen (secondary N) is 1. The highest BCUT2D eigenvalue weighted by Crippen LogP contribution is 2.16. The Hall–Kier alpha value is -2.03. The van der Waals surface area contributed by atoms with Gasteiger partial charge in [-0.25, -0.2) is 0 Å². The molecule has 2 rings (SSSR count). The Morgan fingerprint density at radius 1 is 1.42 bits per heavy atom. The van der Waals surface area contributed by atoms with Crippen LogP contribution in [-0.4, -0.2) is 12.5 Å². The zero-order chi connectivity index (χ0) is 13.5. The molecule has 1 atom stereocenters. The molecule has 0 saturated carbocycles. The first-order valence-electron chi connectivity index (χ1n) is 6.70. The maximum Gasteiger partial charge on any atom is 0.244 e. The number of anilines is 1. The third-order valence-corrected chi connectivity index (χ3v) is 3.28. The van der Waals surface area contributed by atoms with Gasteiger partial charge in [0.25, 0.3) is 0 Å². The number of amides is 1. The maximum atomic E-state index is 11.7. The average molecular weight is 256 g/mol. The lowest BCUT2D eigenvalue weighted by Crippen LogP contribution is -2.28. The summed E-state index contributed by atoms with van der Waals surface area (Å²) in [4.78, 5) is 11.7. The van der Waals surface area contributed by atoms with Crippen molar-refractivity contribution in [3.8, 4) is 0 Å². The molecule has 0 aromatic heterocycles. The van der Waals surface area contributed by atoms with Gasteiger partial charge >= 0.3 is 0 Å². The van der Waals surface area contributed by atoms with E-state index < -0.39 is 0 Å². The van der Waals surface area contributed by atoms with Crippen LogP contribution < -0.4 is 11.1 Å². The van der Waals surface area contributed by atoms with Gasteiger partial charge in [0.05, 0.1) is 0 Å². The summed E-state index contributed by atoms with van der Waals surface area (Å²) >= 11 is 0. The van der Waals surface area contributed by atoms with E-state index in [4.69, 9.17) is 5.73 Å². The molecule has 0 aliphatic heterocycles. The smallest absolute Gasteiger partial charge is 0.244 e. The molecule has 1 aromatic rings. The molecule has 0 bridgehead atoms. The molecular formula is C16H20N2O. The standard InChI is InChI=1S/C16H20N2O/c17-15-8-4-7-13(11-15)9-10-16(19)18-12-14-5-2-1-3-6-14/h1-2,4,7-11,14H,3,5-6,12,17H2,(H,18,19)/b10-9+. The molecule has 3 heteroatoms. The van der Waals surface area contributed by atoms with Gasteiger partial charge in [-0.2, -0.15) is 0 Å². The molecular weight excluding hydrogens is 236 g/mol. The van der Waals surface area contributed by atoms with E-state index in [1.54, 1.807) is 12.2 Å². The zero-order valence-electron chi connectivity index (χ0n) is 11.0. The Labute approximate surface area is 114 Å². The number of benzene rings is 1. The Morgan fingerprint density at radius 2 is 2.32 bits per heavy atom. The SMILES string of the molecule is Nc1cccc(/C=C/C(=O)NCC2CC=CCC2)c1. The first-order chi connectivity index (χ1) is 9.24. The summed E-state index contributed by atoms with van der Waals surface area (Å²) in [6.45, 7) is 0.754. The normalized spacial score (nSPS) is 18.6. The number of hydrogen-bond acceptors (Lipinski definition) is 2. The van der Waals surface area contributed by atoms with Crippen molar-refractivity contribution in [3.05, 3.63) is 48.1 Å². The van der Waals surface area contributed by atoms with Crippen LogP contribution in [0.4, 0.5) is 5.69 Å². The number of carbonyl (C=O) groups is 1. The fourth-order valence-electron chi connectivity index (χ4n) is 2.18. The molecule has 3 nitrogen and oxygen atoms in total. The van der Waals surface area contributed by atoms with Crippen LogP contribution in [0.15, 0.2) is 42.5 Å². The van der Waals surface area contributed by atoms with Crippen molar-refractivity contribution < 1.29 is 4.79 Å². The van der Waals surface area contributed by atoms with Gasteiger partial charge in [0.1, 0.15) is 0 Å². The van der Waals surface area contributed by atoms with E-state index in [1.807, 2.05) is 24.3 Å². The minimum absolute atomic E-state index is 0.0445. The highest BCUT2D eigenvalue weighted by Gasteiger charge is 2.09. The van der Waals surface area contributed by atoms with Gasteiger partial charge in [-0.15, -0.1) is 0 Å². The molecule has 1 aliphatic carbocycles. The summed E-state index contributed by atoms with van der Waals surface area (Å²) in [5, 5.41) is 2.95. The Balaban J connectivity index is 1.79. The van der Waals surface area contributed by atoms with Gasteiger partial charge in [-0.1, -0.05) is 24.3 Å². The predicted molar refractivity (Wildman–Crippen MR) is 79.4 cm³/mol. The highest BCUT2D eigenvalue weighted by molar-refractivity contribution is 5.91. The van der Waals surface area contributed by atoms with E-state index in [-0.39, 0.29) is 5.91 Å². The first-order valence-corrected chi connectivity index (χ1v) is 6.70. The quantitative estimate of drug-likeness (QED) is 0.494. The number of allylic oxidation sites excluding steroid dienone is 2. The van der Waals surface area contributed by atoms with Gasteiger partial charge in [0, 0.05) is 18.3 Å². The van der Waals surface area contributed by atoms with E-state index in [9.17, 15) is 4.79 Å². The molecule has 1 unspecified atom stereocenters. The van der Waals surface area contributed by atoms with Crippen LogP contribution in [0.2, 0.25) is 0 Å². The lowest BCUT2D eigenvalue weighted by molar-refractivity contribution is -0.116. The molecule has 0 radical (unpaired) electrons. The van der Waals surface area contributed by atoms with Crippen molar-refractivity contribution in [3.63, 3.8) is 0 Å². The molecule has 0 spiro atoms. The van der Waals surface area contributed by atoms with Crippen LogP contribution in [0.25, 0.3) is 6.08 Å². The van der Waals surface area contributed by atoms with Gasteiger partial charge in [0.15, 0.2) is 0 Å². The first kappa shape index (κ1) is 13.4. The predicted octanol–water partition coefficient (Wildman–Crippen LogP) is 2.75. The van der Waals surface area contributed by atoms with E-state index in [1.165, 1.54) is 0 Å². The highest BCUT2D eigenvalue weighted by atomic mass is 16.1. The van der Waals surface area contributed by atoms with Crippen molar-refractivity contribution in [2.45, 2.75) is 19.3 Å². The molecule has 100 valence electrons. The van der Waals surface area contributed by atoms with E-state index in [2.05, 4.69) is 17.5 Å². The summed E-state index contributed by atoms with van der Waals surface area (Å²) in [7, 11) is 0. The number of carbonyl (C=O) groups excluding carboxylic acids is 1. The molecule has 0 heterocycles. The lowest BCUT2D eigenvalue weighted by atomic mass is 9.94. The van der Waals surface area contributed by atoms with Crippen LogP contribution in [0.3, 0.4) is 0 Å². The molecule has 19 heavy (non-hydrogen) atoms. The summed E-state index contributed by atoms with van der Waals surface area (Å²) in [5.74, 6) is 0.534. The second-order valence-electron chi connectivity index (χ2n) is 4.90. The van der Waals surface area contributed by atoms with E-state index in [0.717, 1.165) is 31.4 Å². The number of nitrogens with two attached hydrogens (primary N) is 1. The number of rotatable bonds is 4. The topological polar surface area (TPSA) is 55.1 Å². The summed E-state index contributed by atoms with van der Waals surface area (Å²) < 4.78 is 0. The van der Waals surface area contributed by atoms with Gasteiger partial charge in [-0.05, 0) is 49.0 Å². The van der Waals surface area contributed by atoms with Crippen molar-refractivity contribution in [2.75, 3.05) is 12.3 Å².